The number of para-hydroxylation sites is 2. The van der Waals surface area contributed by atoms with Crippen molar-refractivity contribution < 1.29 is 9.53 Å². The van der Waals surface area contributed by atoms with Crippen LogP contribution in [-0.2, 0) is 11.2 Å². The van der Waals surface area contributed by atoms with Crippen LogP contribution in [0.3, 0.4) is 0 Å². The molecule has 1 atom stereocenters. The van der Waals surface area contributed by atoms with E-state index in [1.807, 2.05) is 48.5 Å². The smallest absolute Gasteiger partial charge is 0.220 e. The number of nitrogens with two attached hydrogens (primary N) is 1. The topological polar surface area (TPSA) is 64.3 Å². The number of carbonyl (C=O) groups is 1. The minimum atomic E-state index is -0.0585. The molecular formula is C21H28N2O2. The molecule has 25 heavy (non-hydrogen) atoms. The van der Waals surface area contributed by atoms with Gasteiger partial charge in [-0.1, -0.05) is 50.2 Å². The van der Waals surface area contributed by atoms with Crippen molar-refractivity contribution in [3.05, 3.63) is 59.7 Å². The lowest BCUT2D eigenvalue weighted by Gasteiger charge is -2.23. The van der Waals surface area contributed by atoms with Crippen molar-refractivity contribution in [3.8, 4) is 5.75 Å². The summed E-state index contributed by atoms with van der Waals surface area (Å²) < 4.78 is 5.47. The Balaban J connectivity index is 2.06. The number of rotatable bonds is 8. The molecule has 0 aliphatic rings. The van der Waals surface area contributed by atoms with E-state index < -0.39 is 0 Å². The Hall–Kier alpha value is -2.49. The Morgan fingerprint density at radius 2 is 1.80 bits per heavy atom. The molecule has 134 valence electrons. The maximum Gasteiger partial charge on any atom is 0.220 e. The fraction of sp³-hybridized carbons (Fsp3) is 0.381. The molecule has 0 saturated carbocycles. The number of benzene rings is 2. The maximum absolute atomic E-state index is 12.5. The summed E-state index contributed by atoms with van der Waals surface area (Å²) in [5, 5.41) is 3.17. The van der Waals surface area contributed by atoms with E-state index in [1.165, 1.54) is 0 Å². The second-order valence-electron chi connectivity index (χ2n) is 6.69. The summed E-state index contributed by atoms with van der Waals surface area (Å²) in [5.74, 6) is 1.29. The van der Waals surface area contributed by atoms with Gasteiger partial charge in [-0.05, 0) is 36.5 Å². The summed E-state index contributed by atoms with van der Waals surface area (Å²) >= 11 is 0. The monoisotopic (exact) mass is 340 g/mol. The highest BCUT2D eigenvalue weighted by atomic mass is 16.5. The quantitative estimate of drug-likeness (QED) is 0.711. The van der Waals surface area contributed by atoms with Crippen molar-refractivity contribution in [2.24, 2.45) is 5.92 Å². The zero-order valence-corrected chi connectivity index (χ0v) is 15.3. The second-order valence-corrected chi connectivity index (χ2v) is 6.69. The molecule has 4 nitrogen and oxygen atoms in total. The number of nitrogens with one attached hydrogen (secondary N) is 1. The lowest BCUT2D eigenvalue weighted by molar-refractivity contribution is -0.121. The van der Waals surface area contributed by atoms with Gasteiger partial charge in [0.25, 0.3) is 0 Å². The lowest BCUT2D eigenvalue weighted by Crippen LogP contribution is -2.30. The van der Waals surface area contributed by atoms with Crippen molar-refractivity contribution in [1.29, 1.82) is 0 Å². The SMILES string of the molecule is COc1ccccc1C(CC(C)C)NC(=O)CCc1ccccc1N. The molecule has 4 heteroatoms. The molecule has 0 fully saturated rings. The predicted molar refractivity (Wildman–Crippen MR) is 103 cm³/mol. The minimum absolute atomic E-state index is 0.0276. The highest BCUT2D eigenvalue weighted by Gasteiger charge is 2.19. The van der Waals surface area contributed by atoms with Crippen LogP contribution in [0.1, 0.15) is 43.9 Å². The Kier molecular flexibility index (Phi) is 6.87. The highest BCUT2D eigenvalue weighted by molar-refractivity contribution is 5.77. The van der Waals surface area contributed by atoms with Crippen LogP contribution >= 0.6 is 0 Å². The fourth-order valence-corrected chi connectivity index (χ4v) is 2.97. The average molecular weight is 340 g/mol. The van der Waals surface area contributed by atoms with Gasteiger partial charge in [0.05, 0.1) is 13.2 Å². The Morgan fingerprint density at radius 1 is 1.12 bits per heavy atom. The first-order chi connectivity index (χ1) is 12.0. The molecule has 0 spiro atoms. The van der Waals surface area contributed by atoms with E-state index in [4.69, 9.17) is 10.5 Å². The van der Waals surface area contributed by atoms with E-state index >= 15 is 0 Å². The van der Waals surface area contributed by atoms with Gasteiger partial charge >= 0.3 is 0 Å². The molecule has 0 aliphatic carbocycles. The summed E-state index contributed by atoms with van der Waals surface area (Å²) in [6.45, 7) is 4.30. The molecule has 0 heterocycles. The average Bonchev–Trinajstić information content (AvgIpc) is 2.60. The molecule has 1 amide bonds. The number of aryl methyl sites for hydroxylation is 1. The molecule has 0 aliphatic heterocycles. The molecule has 2 rings (SSSR count). The van der Waals surface area contributed by atoms with Crippen LogP contribution in [0, 0.1) is 5.92 Å². The van der Waals surface area contributed by atoms with Crippen LogP contribution < -0.4 is 15.8 Å². The third-order valence-corrected chi connectivity index (χ3v) is 4.23. The van der Waals surface area contributed by atoms with Crippen LogP contribution in [-0.4, -0.2) is 13.0 Å². The zero-order chi connectivity index (χ0) is 18.2. The van der Waals surface area contributed by atoms with Crippen LogP contribution in [0.4, 0.5) is 5.69 Å². The predicted octanol–water partition coefficient (Wildman–Crippen LogP) is 4.11. The first-order valence-corrected chi connectivity index (χ1v) is 8.77. The number of ether oxygens (including phenoxy) is 1. The van der Waals surface area contributed by atoms with Crippen molar-refractivity contribution in [3.63, 3.8) is 0 Å². The summed E-state index contributed by atoms with van der Waals surface area (Å²) in [6, 6.07) is 15.5. The molecule has 2 aromatic carbocycles. The van der Waals surface area contributed by atoms with E-state index in [0.717, 1.165) is 29.0 Å². The third-order valence-electron chi connectivity index (χ3n) is 4.23. The van der Waals surface area contributed by atoms with Crippen LogP contribution in [0.5, 0.6) is 5.75 Å². The van der Waals surface area contributed by atoms with Gasteiger partial charge in [-0.15, -0.1) is 0 Å². The highest BCUT2D eigenvalue weighted by Crippen LogP contribution is 2.29. The molecule has 1 unspecified atom stereocenters. The molecular weight excluding hydrogens is 312 g/mol. The summed E-state index contributed by atoms with van der Waals surface area (Å²) in [7, 11) is 1.66. The first kappa shape index (κ1) is 18.8. The van der Waals surface area contributed by atoms with Crippen LogP contribution in [0.2, 0.25) is 0 Å². The molecule has 0 bridgehead atoms. The molecule has 3 N–H and O–H groups in total. The Morgan fingerprint density at radius 3 is 2.48 bits per heavy atom. The maximum atomic E-state index is 12.5. The van der Waals surface area contributed by atoms with Crippen molar-refractivity contribution in [2.45, 2.75) is 39.2 Å². The largest absolute Gasteiger partial charge is 0.496 e. The Labute approximate surface area is 150 Å². The molecule has 2 aromatic rings. The molecule has 0 radical (unpaired) electrons. The normalized spacial score (nSPS) is 12.0. The summed E-state index contributed by atoms with van der Waals surface area (Å²) in [5.41, 5.74) is 8.72. The third kappa shape index (κ3) is 5.52. The first-order valence-electron chi connectivity index (χ1n) is 8.77. The summed E-state index contributed by atoms with van der Waals surface area (Å²) in [6.07, 6.45) is 1.91. The van der Waals surface area contributed by atoms with Crippen molar-refractivity contribution in [1.82, 2.24) is 5.32 Å². The number of hydrogen-bond acceptors (Lipinski definition) is 3. The van der Waals surface area contributed by atoms with Crippen molar-refractivity contribution in [2.75, 3.05) is 12.8 Å². The molecule has 0 saturated heterocycles. The lowest BCUT2D eigenvalue weighted by atomic mass is 9.96. The van der Waals surface area contributed by atoms with Crippen molar-refractivity contribution >= 4 is 11.6 Å². The van der Waals surface area contributed by atoms with E-state index in [2.05, 4.69) is 19.2 Å². The number of nitrogen functional groups attached to an aromatic ring is 1. The minimum Gasteiger partial charge on any atom is -0.496 e. The van der Waals surface area contributed by atoms with Crippen LogP contribution in [0.25, 0.3) is 0 Å². The van der Waals surface area contributed by atoms with Gasteiger partial charge in [0.1, 0.15) is 5.75 Å². The van der Waals surface area contributed by atoms with Gasteiger partial charge in [0.15, 0.2) is 0 Å². The number of anilines is 1. The van der Waals surface area contributed by atoms with E-state index in [-0.39, 0.29) is 11.9 Å². The van der Waals surface area contributed by atoms with Gasteiger partial charge in [-0.25, -0.2) is 0 Å². The van der Waals surface area contributed by atoms with Gasteiger partial charge < -0.3 is 15.8 Å². The number of carbonyl (C=O) groups excluding carboxylic acids is 1. The van der Waals surface area contributed by atoms with Gasteiger partial charge in [0, 0.05) is 17.7 Å². The van der Waals surface area contributed by atoms with E-state index in [9.17, 15) is 4.79 Å². The zero-order valence-electron chi connectivity index (χ0n) is 15.3. The van der Waals surface area contributed by atoms with Gasteiger partial charge in [-0.3, -0.25) is 4.79 Å². The van der Waals surface area contributed by atoms with Gasteiger partial charge in [-0.2, -0.15) is 0 Å². The summed E-state index contributed by atoms with van der Waals surface area (Å²) in [4.78, 5) is 12.5. The van der Waals surface area contributed by atoms with Crippen LogP contribution in [0.15, 0.2) is 48.5 Å². The Bertz CT molecular complexity index is 698. The second kappa shape index (κ2) is 9.11. The van der Waals surface area contributed by atoms with E-state index in [1.54, 1.807) is 7.11 Å². The van der Waals surface area contributed by atoms with Gasteiger partial charge in [0.2, 0.25) is 5.91 Å². The van der Waals surface area contributed by atoms with E-state index in [0.29, 0.717) is 18.8 Å². The fourth-order valence-electron chi connectivity index (χ4n) is 2.97. The number of amides is 1. The standard InChI is InChI=1S/C21H28N2O2/c1-15(2)14-19(17-9-5-7-11-20(17)25-3)23-21(24)13-12-16-8-4-6-10-18(16)22/h4-11,15,19H,12-14,22H2,1-3H3,(H,23,24). The molecule has 0 aromatic heterocycles. The number of hydrogen-bond donors (Lipinski definition) is 2. The number of methoxy groups -OCH3 is 1.